The van der Waals surface area contributed by atoms with E-state index >= 15 is 0 Å². The fourth-order valence-corrected chi connectivity index (χ4v) is 2.83. The molecule has 0 saturated carbocycles. The van der Waals surface area contributed by atoms with Gasteiger partial charge < -0.3 is 10.2 Å². The van der Waals surface area contributed by atoms with E-state index in [0.29, 0.717) is 6.04 Å². The van der Waals surface area contributed by atoms with E-state index in [2.05, 4.69) is 46.2 Å². The lowest BCUT2D eigenvalue weighted by Gasteiger charge is -2.30. The Hall–Kier alpha value is -1.13. The monoisotopic (exact) mass is 262 g/mol. The van der Waals surface area contributed by atoms with Crippen molar-refractivity contribution in [2.24, 2.45) is 0 Å². The average molecular weight is 262 g/mol. The highest BCUT2D eigenvalue weighted by molar-refractivity contribution is 5.36. The second-order valence-electron chi connectivity index (χ2n) is 5.45. The van der Waals surface area contributed by atoms with Crippen LogP contribution in [0.15, 0.2) is 18.3 Å². The van der Waals surface area contributed by atoms with Crippen molar-refractivity contribution in [3.05, 3.63) is 23.9 Å². The molecule has 2 rings (SSSR count). The van der Waals surface area contributed by atoms with Crippen molar-refractivity contribution in [1.82, 2.24) is 14.8 Å². The van der Waals surface area contributed by atoms with Crippen LogP contribution < -0.4 is 5.32 Å². The van der Waals surface area contributed by atoms with E-state index in [1.165, 1.54) is 38.0 Å². The van der Waals surface area contributed by atoms with Crippen molar-refractivity contribution in [1.29, 1.82) is 0 Å². The number of rotatable bonds is 4. The predicted molar refractivity (Wildman–Crippen MR) is 80.4 cm³/mol. The van der Waals surface area contributed by atoms with Gasteiger partial charge in [0.15, 0.2) is 0 Å². The normalized spacial score (nSPS) is 22.2. The van der Waals surface area contributed by atoms with Gasteiger partial charge in [-0.2, -0.15) is 0 Å². The molecule has 0 aromatic carbocycles. The zero-order valence-electron chi connectivity index (χ0n) is 12.4. The first kappa shape index (κ1) is 14.3. The zero-order valence-corrected chi connectivity index (χ0v) is 12.4. The number of likely N-dealkylation sites (N-methyl/N-ethyl adjacent to an activating group) is 1. The van der Waals surface area contributed by atoms with Crippen LogP contribution in [0.25, 0.3) is 0 Å². The fraction of sp³-hybridized carbons (Fsp3) is 0.667. The predicted octanol–water partition coefficient (Wildman–Crippen LogP) is 2.04. The third-order valence-corrected chi connectivity index (χ3v) is 3.96. The number of pyridine rings is 1. The molecule has 0 amide bonds. The van der Waals surface area contributed by atoms with E-state index < -0.39 is 0 Å². The highest BCUT2D eigenvalue weighted by Crippen LogP contribution is 2.16. The Balaban J connectivity index is 2.06. The van der Waals surface area contributed by atoms with Crippen molar-refractivity contribution >= 4 is 5.82 Å². The summed E-state index contributed by atoms with van der Waals surface area (Å²) < 4.78 is 0. The van der Waals surface area contributed by atoms with Crippen LogP contribution in [0.4, 0.5) is 5.82 Å². The minimum Gasteiger partial charge on any atom is -0.373 e. The van der Waals surface area contributed by atoms with Gasteiger partial charge in [-0.1, -0.05) is 6.92 Å². The summed E-state index contributed by atoms with van der Waals surface area (Å²) in [4.78, 5) is 9.36. The minimum absolute atomic E-state index is 0.665. The highest BCUT2D eigenvalue weighted by Gasteiger charge is 2.21. The summed E-state index contributed by atoms with van der Waals surface area (Å²) in [6, 6.07) is 4.95. The summed E-state index contributed by atoms with van der Waals surface area (Å²) in [5, 5.41) is 3.11. The summed E-state index contributed by atoms with van der Waals surface area (Å²) in [6.07, 6.45) is 4.37. The molecule has 106 valence electrons. The molecule has 0 aliphatic carbocycles. The number of hydrogen-bond acceptors (Lipinski definition) is 4. The lowest BCUT2D eigenvalue weighted by atomic mass is 10.1. The molecule has 0 bridgehead atoms. The number of nitrogens with zero attached hydrogens (tertiary/aromatic N) is 3. The smallest absolute Gasteiger partial charge is 0.125 e. The van der Waals surface area contributed by atoms with Crippen LogP contribution in [0.5, 0.6) is 0 Å². The lowest BCUT2D eigenvalue weighted by molar-refractivity contribution is 0.176. The van der Waals surface area contributed by atoms with Crippen LogP contribution in [0, 0.1) is 0 Å². The Morgan fingerprint density at radius 1 is 1.42 bits per heavy atom. The van der Waals surface area contributed by atoms with Crippen LogP contribution >= 0.6 is 0 Å². The molecule has 1 aliphatic heterocycles. The molecule has 1 aliphatic rings. The highest BCUT2D eigenvalue weighted by atomic mass is 15.2. The van der Waals surface area contributed by atoms with Crippen LogP contribution in [-0.2, 0) is 6.54 Å². The Bertz CT molecular complexity index is 393. The first-order chi connectivity index (χ1) is 9.22. The van der Waals surface area contributed by atoms with Gasteiger partial charge in [-0.15, -0.1) is 0 Å². The number of hydrogen-bond donors (Lipinski definition) is 1. The quantitative estimate of drug-likeness (QED) is 0.900. The molecule has 1 saturated heterocycles. The topological polar surface area (TPSA) is 31.4 Å². The van der Waals surface area contributed by atoms with Crippen molar-refractivity contribution in [3.63, 3.8) is 0 Å². The molecular weight excluding hydrogens is 236 g/mol. The van der Waals surface area contributed by atoms with E-state index in [-0.39, 0.29) is 0 Å². The van der Waals surface area contributed by atoms with Gasteiger partial charge in [0, 0.05) is 38.9 Å². The SMILES string of the molecule is CCC1CN(C)CCCN1Cc1ccnc(NC)c1. The summed E-state index contributed by atoms with van der Waals surface area (Å²) >= 11 is 0. The standard InChI is InChI=1S/C15H26N4/c1-4-14-12-18(3)8-5-9-19(14)11-13-6-7-17-15(10-13)16-2/h6-7,10,14H,4-5,8-9,11-12H2,1-3H3,(H,16,17). The maximum atomic E-state index is 4.28. The van der Waals surface area contributed by atoms with Gasteiger partial charge in [-0.25, -0.2) is 4.98 Å². The van der Waals surface area contributed by atoms with Gasteiger partial charge in [0.25, 0.3) is 0 Å². The number of anilines is 1. The maximum absolute atomic E-state index is 4.28. The molecule has 1 atom stereocenters. The van der Waals surface area contributed by atoms with Crippen LogP contribution in [0.3, 0.4) is 0 Å². The molecule has 1 unspecified atom stereocenters. The second kappa shape index (κ2) is 6.87. The lowest BCUT2D eigenvalue weighted by Crippen LogP contribution is -2.39. The molecule has 1 aromatic rings. The average Bonchev–Trinajstić information content (AvgIpc) is 2.60. The van der Waals surface area contributed by atoms with Gasteiger partial charge in [0.05, 0.1) is 0 Å². The van der Waals surface area contributed by atoms with E-state index in [1.54, 1.807) is 0 Å². The number of aromatic nitrogens is 1. The van der Waals surface area contributed by atoms with Crippen molar-refractivity contribution in [2.75, 3.05) is 39.0 Å². The molecule has 4 nitrogen and oxygen atoms in total. The molecule has 2 heterocycles. The summed E-state index contributed by atoms with van der Waals surface area (Å²) in [5.41, 5.74) is 1.35. The van der Waals surface area contributed by atoms with E-state index in [9.17, 15) is 0 Å². The summed E-state index contributed by atoms with van der Waals surface area (Å²) in [6.45, 7) is 6.91. The van der Waals surface area contributed by atoms with Crippen molar-refractivity contribution in [2.45, 2.75) is 32.4 Å². The Morgan fingerprint density at radius 2 is 2.26 bits per heavy atom. The largest absolute Gasteiger partial charge is 0.373 e. The first-order valence-corrected chi connectivity index (χ1v) is 7.28. The van der Waals surface area contributed by atoms with Gasteiger partial charge in [-0.3, -0.25) is 4.90 Å². The van der Waals surface area contributed by atoms with Crippen LogP contribution in [0.2, 0.25) is 0 Å². The van der Waals surface area contributed by atoms with Gasteiger partial charge in [0.2, 0.25) is 0 Å². The van der Waals surface area contributed by atoms with Crippen molar-refractivity contribution < 1.29 is 0 Å². The van der Waals surface area contributed by atoms with Crippen LogP contribution in [0.1, 0.15) is 25.3 Å². The molecule has 4 heteroatoms. The number of nitrogens with one attached hydrogen (secondary N) is 1. The Kier molecular flexibility index (Phi) is 5.16. The fourth-order valence-electron chi connectivity index (χ4n) is 2.83. The molecule has 1 N–H and O–H groups in total. The third kappa shape index (κ3) is 3.91. The first-order valence-electron chi connectivity index (χ1n) is 7.28. The van der Waals surface area contributed by atoms with Gasteiger partial charge >= 0.3 is 0 Å². The van der Waals surface area contributed by atoms with E-state index in [4.69, 9.17) is 0 Å². The Labute approximate surface area is 116 Å². The molecule has 0 radical (unpaired) electrons. The maximum Gasteiger partial charge on any atom is 0.125 e. The molecule has 19 heavy (non-hydrogen) atoms. The third-order valence-electron chi connectivity index (χ3n) is 3.96. The molecule has 1 fully saturated rings. The van der Waals surface area contributed by atoms with Crippen molar-refractivity contribution in [3.8, 4) is 0 Å². The van der Waals surface area contributed by atoms with E-state index in [0.717, 1.165) is 12.4 Å². The molecule has 0 spiro atoms. The van der Waals surface area contributed by atoms with Crippen LogP contribution in [-0.4, -0.2) is 54.6 Å². The van der Waals surface area contributed by atoms with Gasteiger partial charge in [0.1, 0.15) is 5.82 Å². The molecular formula is C15H26N4. The second-order valence-corrected chi connectivity index (χ2v) is 5.45. The zero-order chi connectivity index (χ0) is 13.7. The van der Waals surface area contributed by atoms with Gasteiger partial charge in [-0.05, 0) is 44.1 Å². The minimum atomic E-state index is 0.665. The summed E-state index contributed by atoms with van der Waals surface area (Å²) in [5.74, 6) is 0.956. The molecule has 1 aromatic heterocycles. The summed E-state index contributed by atoms with van der Waals surface area (Å²) in [7, 11) is 4.15. The van der Waals surface area contributed by atoms with E-state index in [1.807, 2.05) is 13.2 Å². The Morgan fingerprint density at radius 3 is 3.00 bits per heavy atom.